The zero-order valence-electron chi connectivity index (χ0n) is 15.2. The Balaban J connectivity index is 1.86. The van der Waals surface area contributed by atoms with E-state index < -0.39 is 23.6 Å². The fraction of sp³-hybridized carbons (Fsp3) is 0.333. The zero-order chi connectivity index (χ0) is 20.5. The monoisotopic (exact) mass is 391 g/mol. The first-order chi connectivity index (χ1) is 13.2. The summed E-state index contributed by atoms with van der Waals surface area (Å²) in [5, 5.41) is 9.24. The highest BCUT2D eigenvalue weighted by molar-refractivity contribution is 6.01. The van der Waals surface area contributed by atoms with Crippen molar-refractivity contribution in [1.29, 1.82) is 0 Å². The van der Waals surface area contributed by atoms with Crippen LogP contribution < -0.4 is 0 Å². The summed E-state index contributed by atoms with van der Waals surface area (Å²) in [7, 11) is 0. The first-order valence-corrected chi connectivity index (χ1v) is 8.97. The van der Waals surface area contributed by atoms with Crippen LogP contribution in [0.3, 0.4) is 0 Å². The topological polar surface area (TPSA) is 57.6 Å². The third-order valence-corrected chi connectivity index (χ3v) is 5.19. The third-order valence-electron chi connectivity index (χ3n) is 5.19. The number of nitrogens with zero attached hydrogens (tertiary/aromatic N) is 1. The minimum Gasteiger partial charge on any atom is -0.481 e. The standard InChI is InChI=1S/C21H20F3NO3/c1-13-12-25(11-10-16(13)20(27)28)19(26)18-5-3-2-4-17(18)14-6-8-15(9-7-14)21(22,23)24/h2-9,13,16H,10-12H2,1H3,(H,27,28). The van der Waals surface area contributed by atoms with Crippen LogP contribution in [-0.2, 0) is 11.0 Å². The summed E-state index contributed by atoms with van der Waals surface area (Å²) in [5.74, 6) is -1.75. The molecule has 1 aliphatic heterocycles. The molecule has 1 saturated heterocycles. The van der Waals surface area contributed by atoms with Crippen LogP contribution >= 0.6 is 0 Å². The van der Waals surface area contributed by atoms with Crippen molar-refractivity contribution in [2.45, 2.75) is 19.5 Å². The molecule has 2 atom stereocenters. The van der Waals surface area contributed by atoms with Gasteiger partial charge in [0.1, 0.15) is 0 Å². The molecule has 148 valence electrons. The van der Waals surface area contributed by atoms with E-state index in [1.165, 1.54) is 12.1 Å². The average Bonchev–Trinajstić information content (AvgIpc) is 2.66. The van der Waals surface area contributed by atoms with E-state index in [1.54, 1.807) is 36.1 Å². The molecular weight excluding hydrogens is 371 g/mol. The number of carboxylic acids is 1. The first kappa shape index (κ1) is 19.9. The van der Waals surface area contributed by atoms with Gasteiger partial charge in [-0.15, -0.1) is 0 Å². The van der Waals surface area contributed by atoms with Gasteiger partial charge in [-0.25, -0.2) is 0 Å². The van der Waals surface area contributed by atoms with Crippen molar-refractivity contribution in [3.8, 4) is 11.1 Å². The predicted molar refractivity (Wildman–Crippen MR) is 97.7 cm³/mol. The van der Waals surface area contributed by atoms with Crippen molar-refractivity contribution >= 4 is 11.9 Å². The molecule has 0 aliphatic carbocycles. The predicted octanol–water partition coefficient (Wildman–Crippen LogP) is 4.56. The number of hydrogen-bond acceptors (Lipinski definition) is 2. The molecular formula is C21H20F3NO3. The molecule has 3 rings (SSSR count). The number of carboxylic acid groups (broad SMARTS) is 1. The van der Waals surface area contributed by atoms with Gasteiger partial charge in [-0.05, 0) is 41.7 Å². The summed E-state index contributed by atoms with van der Waals surface area (Å²) in [6.07, 6.45) is -4.04. The molecule has 0 bridgehead atoms. The Morgan fingerprint density at radius 2 is 1.71 bits per heavy atom. The highest BCUT2D eigenvalue weighted by Gasteiger charge is 2.34. The van der Waals surface area contributed by atoms with Gasteiger partial charge in [0, 0.05) is 18.7 Å². The summed E-state index contributed by atoms with van der Waals surface area (Å²) in [5.41, 5.74) is 0.715. The number of alkyl halides is 3. The smallest absolute Gasteiger partial charge is 0.416 e. The number of hydrogen-bond donors (Lipinski definition) is 1. The molecule has 2 aromatic carbocycles. The molecule has 1 fully saturated rings. The molecule has 0 spiro atoms. The van der Waals surface area contributed by atoms with E-state index in [4.69, 9.17) is 0 Å². The molecule has 0 saturated carbocycles. The fourth-order valence-corrected chi connectivity index (χ4v) is 3.63. The van der Waals surface area contributed by atoms with E-state index in [1.807, 2.05) is 0 Å². The van der Waals surface area contributed by atoms with Gasteiger partial charge in [0.15, 0.2) is 0 Å². The quantitative estimate of drug-likeness (QED) is 0.835. The Hall–Kier alpha value is -2.83. The Morgan fingerprint density at radius 3 is 2.29 bits per heavy atom. The molecule has 28 heavy (non-hydrogen) atoms. The lowest BCUT2D eigenvalue weighted by molar-refractivity contribution is -0.145. The van der Waals surface area contributed by atoms with Gasteiger partial charge >= 0.3 is 12.1 Å². The summed E-state index contributed by atoms with van der Waals surface area (Å²) < 4.78 is 38.4. The largest absolute Gasteiger partial charge is 0.481 e. The van der Waals surface area contributed by atoms with Crippen LogP contribution in [0.15, 0.2) is 48.5 Å². The lowest BCUT2D eigenvalue weighted by Gasteiger charge is -2.35. The maximum Gasteiger partial charge on any atom is 0.416 e. The first-order valence-electron chi connectivity index (χ1n) is 8.97. The number of benzene rings is 2. The van der Waals surface area contributed by atoms with Gasteiger partial charge in [0.05, 0.1) is 11.5 Å². The van der Waals surface area contributed by atoms with Crippen LogP contribution in [0.25, 0.3) is 11.1 Å². The third kappa shape index (κ3) is 4.03. The molecule has 0 aromatic heterocycles. The molecule has 0 radical (unpaired) electrons. The summed E-state index contributed by atoms with van der Waals surface area (Å²) in [6.45, 7) is 2.47. The highest BCUT2D eigenvalue weighted by atomic mass is 19.4. The Bertz CT molecular complexity index is 877. The maximum atomic E-state index is 13.0. The normalized spacial score (nSPS) is 20.1. The van der Waals surface area contributed by atoms with E-state index in [-0.39, 0.29) is 11.8 Å². The van der Waals surface area contributed by atoms with Crippen molar-refractivity contribution in [2.24, 2.45) is 11.8 Å². The second-order valence-corrected chi connectivity index (χ2v) is 7.08. The number of piperidine rings is 1. The van der Waals surface area contributed by atoms with Crippen molar-refractivity contribution in [1.82, 2.24) is 4.90 Å². The molecule has 2 aromatic rings. The van der Waals surface area contributed by atoms with E-state index in [0.29, 0.717) is 36.2 Å². The Kier molecular flexibility index (Phi) is 5.45. The summed E-state index contributed by atoms with van der Waals surface area (Å²) >= 11 is 0. The van der Waals surface area contributed by atoms with Gasteiger partial charge in [-0.2, -0.15) is 13.2 Å². The number of carbonyl (C=O) groups is 2. The van der Waals surface area contributed by atoms with Crippen LogP contribution in [0, 0.1) is 11.8 Å². The van der Waals surface area contributed by atoms with Crippen molar-refractivity contribution in [2.75, 3.05) is 13.1 Å². The number of rotatable bonds is 3. The van der Waals surface area contributed by atoms with Gasteiger partial charge in [-0.3, -0.25) is 9.59 Å². The van der Waals surface area contributed by atoms with Crippen LogP contribution in [0.5, 0.6) is 0 Å². The van der Waals surface area contributed by atoms with Gasteiger partial charge in [0.25, 0.3) is 5.91 Å². The van der Waals surface area contributed by atoms with Gasteiger partial charge in [0.2, 0.25) is 0 Å². The molecule has 4 nitrogen and oxygen atoms in total. The Labute approximate surface area is 160 Å². The van der Waals surface area contributed by atoms with E-state index >= 15 is 0 Å². The minimum atomic E-state index is -4.42. The van der Waals surface area contributed by atoms with Crippen molar-refractivity contribution < 1.29 is 27.9 Å². The van der Waals surface area contributed by atoms with Crippen LogP contribution in [0.2, 0.25) is 0 Å². The van der Waals surface area contributed by atoms with Gasteiger partial charge < -0.3 is 10.0 Å². The second kappa shape index (κ2) is 7.66. The van der Waals surface area contributed by atoms with E-state index in [9.17, 15) is 27.9 Å². The van der Waals surface area contributed by atoms with Crippen LogP contribution in [-0.4, -0.2) is 35.0 Å². The SMILES string of the molecule is CC1CN(C(=O)c2ccccc2-c2ccc(C(F)(F)F)cc2)CCC1C(=O)O. The molecule has 1 heterocycles. The fourth-order valence-electron chi connectivity index (χ4n) is 3.63. The lowest BCUT2D eigenvalue weighted by atomic mass is 9.86. The second-order valence-electron chi connectivity index (χ2n) is 7.08. The molecule has 1 amide bonds. The average molecular weight is 391 g/mol. The maximum absolute atomic E-state index is 13.0. The number of halogens is 3. The summed E-state index contributed by atoms with van der Waals surface area (Å²) in [4.78, 5) is 25.9. The Morgan fingerprint density at radius 1 is 1.07 bits per heavy atom. The molecule has 1 aliphatic rings. The van der Waals surface area contributed by atoms with E-state index in [2.05, 4.69) is 0 Å². The van der Waals surface area contributed by atoms with Crippen LogP contribution in [0.1, 0.15) is 29.3 Å². The van der Waals surface area contributed by atoms with Crippen LogP contribution in [0.4, 0.5) is 13.2 Å². The summed E-state index contributed by atoms with van der Waals surface area (Å²) in [6, 6.07) is 11.5. The van der Waals surface area contributed by atoms with Gasteiger partial charge in [-0.1, -0.05) is 37.3 Å². The van der Waals surface area contributed by atoms with Crippen molar-refractivity contribution in [3.05, 3.63) is 59.7 Å². The van der Waals surface area contributed by atoms with Crippen molar-refractivity contribution in [3.63, 3.8) is 0 Å². The number of aliphatic carboxylic acids is 1. The highest BCUT2D eigenvalue weighted by Crippen LogP contribution is 2.33. The molecule has 2 unspecified atom stereocenters. The minimum absolute atomic E-state index is 0.173. The number of amides is 1. The number of likely N-dealkylation sites (tertiary alicyclic amines) is 1. The molecule has 1 N–H and O–H groups in total. The zero-order valence-corrected chi connectivity index (χ0v) is 15.2. The number of carbonyl (C=O) groups excluding carboxylic acids is 1. The van der Waals surface area contributed by atoms with E-state index in [0.717, 1.165) is 12.1 Å². The lowest BCUT2D eigenvalue weighted by Crippen LogP contribution is -2.45. The molecule has 7 heteroatoms.